The van der Waals surface area contributed by atoms with E-state index in [1.165, 1.54) is 18.2 Å². The number of aromatic nitrogens is 3. The number of benzene rings is 1. The Morgan fingerprint density at radius 1 is 1.19 bits per heavy atom. The zero-order chi connectivity index (χ0) is 23.1. The fraction of sp³-hybridized carbons (Fsp3) is 0.111. The van der Waals surface area contributed by atoms with Crippen molar-refractivity contribution in [3.05, 3.63) is 67.5 Å². The van der Waals surface area contributed by atoms with Crippen molar-refractivity contribution in [3.63, 3.8) is 0 Å². The molecule has 0 spiro atoms. The van der Waals surface area contributed by atoms with E-state index in [1.54, 1.807) is 6.92 Å². The minimum Gasteiger partial charge on any atom is -0.366 e. The Morgan fingerprint density at radius 3 is 2.45 bits per heavy atom. The summed E-state index contributed by atoms with van der Waals surface area (Å²) in [4.78, 5) is 28.4. The molecule has 13 heteroatoms. The Labute approximate surface area is 191 Å². The highest BCUT2D eigenvalue weighted by Crippen LogP contribution is 2.33. The van der Waals surface area contributed by atoms with E-state index in [2.05, 4.69) is 31.3 Å². The zero-order valence-electron chi connectivity index (χ0n) is 15.4. The number of amides is 2. The van der Waals surface area contributed by atoms with Crippen LogP contribution in [0, 0.1) is 6.92 Å². The molecule has 0 aliphatic rings. The van der Waals surface area contributed by atoms with Crippen LogP contribution in [-0.4, -0.2) is 26.6 Å². The van der Waals surface area contributed by atoms with Crippen molar-refractivity contribution in [2.24, 2.45) is 5.73 Å². The number of nitrogens with one attached hydrogen (secondary N) is 1. The topological polar surface area (TPSA) is 103 Å². The summed E-state index contributed by atoms with van der Waals surface area (Å²) < 4.78 is 39.8. The minimum absolute atomic E-state index is 0.0193. The van der Waals surface area contributed by atoms with Gasteiger partial charge in [0.2, 0.25) is 0 Å². The molecule has 3 N–H and O–H groups in total. The van der Waals surface area contributed by atoms with Gasteiger partial charge in [-0.25, -0.2) is 9.67 Å². The Hall–Kier alpha value is -2.63. The standard InChI is InChI=1S/C18H11BrCl2F3N5O2/c1-7-2-9(20)4-10(15(25)30)14(7)27-17(31)12-5-13(19)28-29(12)16-11(21)3-8(6-26-16)18(22,23)24/h2-6H,1H3,(H2,25,30)(H,27,31). The molecule has 0 radical (unpaired) electrons. The third-order valence-electron chi connectivity index (χ3n) is 4.07. The number of aryl methyl sites for hydroxylation is 1. The lowest BCUT2D eigenvalue weighted by molar-refractivity contribution is -0.137. The van der Waals surface area contributed by atoms with Crippen molar-refractivity contribution < 1.29 is 22.8 Å². The van der Waals surface area contributed by atoms with Gasteiger partial charge in [0.1, 0.15) is 10.3 Å². The van der Waals surface area contributed by atoms with Gasteiger partial charge in [0.25, 0.3) is 11.8 Å². The molecule has 0 unspecified atom stereocenters. The number of carbonyl (C=O) groups is 2. The quantitative estimate of drug-likeness (QED) is 0.489. The van der Waals surface area contributed by atoms with Crippen molar-refractivity contribution >= 4 is 56.6 Å². The van der Waals surface area contributed by atoms with Gasteiger partial charge in [-0.15, -0.1) is 0 Å². The van der Waals surface area contributed by atoms with Gasteiger partial charge in [-0.3, -0.25) is 9.59 Å². The predicted molar refractivity (Wildman–Crippen MR) is 112 cm³/mol. The fourth-order valence-corrected chi connectivity index (χ4v) is 3.59. The van der Waals surface area contributed by atoms with Gasteiger partial charge >= 0.3 is 6.18 Å². The first-order chi connectivity index (χ1) is 14.4. The fourth-order valence-electron chi connectivity index (χ4n) is 2.70. The van der Waals surface area contributed by atoms with Crippen LogP contribution in [0.25, 0.3) is 5.82 Å². The number of nitrogens with two attached hydrogens (primary N) is 1. The summed E-state index contributed by atoms with van der Waals surface area (Å²) in [6.45, 7) is 1.61. The van der Waals surface area contributed by atoms with Crippen molar-refractivity contribution in [1.82, 2.24) is 14.8 Å². The van der Waals surface area contributed by atoms with Gasteiger partial charge < -0.3 is 11.1 Å². The second-order valence-electron chi connectivity index (χ2n) is 6.25. The molecule has 0 saturated carbocycles. The summed E-state index contributed by atoms with van der Waals surface area (Å²) in [6.07, 6.45) is -4.07. The summed E-state index contributed by atoms with van der Waals surface area (Å²) in [7, 11) is 0. The van der Waals surface area contributed by atoms with Crippen LogP contribution in [-0.2, 0) is 6.18 Å². The molecule has 2 heterocycles. The molecule has 0 bridgehead atoms. The molecule has 0 aliphatic heterocycles. The molecule has 162 valence electrons. The zero-order valence-corrected chi connectivity index (χ0v) is 18.5. The van der Waals surface area contributed by atoms with E-state index in [4.69, 9.17) is 28.9 Å². The average Bonchev–Trinajstić information content (AvgIpc) is 3.04. The first-order valence-corrected chi connectivity index (χ1v) is 9.83. The third kappa shape index (κ3) is 4.83. The number of alkyl halides is 3. The predicted octanol–water partition coefficient (Wildman–Crippen LogP) is 5.02. The first kappa shape index (κ1) is 23.0. The number of hydrogen-bond acceptors (Lipinski definition) is 4. The van der Waals surface area contributed by atoms with Crippen LogP contribution in [0.1, 0.15) is 32.0 Å². The van der Waals surface area contributed by atoms with Gasteiger partial charge in [-0.2, -0.15) is 18.3 Å². The molecule has 0 aliphatic carbocycles. The van der Waals surface area contributed by atoms with Gasteiger partial charge in [0, 0.05) is 17.3 Å². The van der Waals surface area contributed by atoms with Gasteiger partial charge in [0.15, 0.2) is 5.82 Å². The van der Waals surface area contributed by atoms with E-state index in [1.807, 2.05) is 0 Å². The molecule has 7 nitrogen and oxygen atoms in total. The lowest BCUT2D eigenvalue weighted by Crippen LogP contribution is -2.22. The van der Waals surface area contributed by atoms with E-state index < -0.39 is 23.6 Å². The second-order valence-corrected chi connectivity index (χ2v) is 7.91. The Kier molecular flexibility index (Phi) is 6.30. The molecular weight excluding hydrogens is 526 g/mol. The molecule has 1 aromatic carbocycles. The molecular formula is C18H11BrCl2F3N5O2. The van der Waals surface area contributed by atoms with Crippen molar-refractivity contribution in [3.8, 4) is 5.82 Å². The highest BCUT2D eigenvalue weighted by molar-refractivity contribution is 9.10. The van der Waals surface area contributed by atoms with E-state index in [0.29, 0.717) is 17.8 Å². The lowest BCUT2D eigenvalue weighted by Gasteiger charge is -2.14. The third-order valence-corrected chi connectivity index (χ3v) is 4.95. The van der Waals surface area contributed by atoms with Crippen molar-refractivity contribution in [2.75, 3.05) is 5.32 Å². The second kappa shape index (κ2) is 8.48. The monoisotopic (exact) mass is 535 g/mol. The minimum atomic E-state index is -4.64. The maximum absolute atomic E-state index is 12.9. The van der Waals surface area contributed by atoms with Crippen LogP contribution in [0.15, 0.2) is 35.1 Å². The van der Waals surface area contributed by atoms with Gasteiger partial charge in [-0.1, -0.05) is 23.2 Å². The summed E-state index contributed by atoms with van der Waals surface area (Å²) >= 11 is 15.0. The van der Waals surface area contributed by atoms with Crippen LogP contribution in [0.2, 0.25) is 10.0 Å². The molecule has 31 heavy (non-hydrogen) atoms. The molecule has 2 amide bonds. The summed E-state index contributed by atoms with van der Waals surface area (Å²) in [6, 6.07) is 4.80. The largest absolute Gasteiger partial charge is 0.417 e. The maximum atomic E-state index is 12.9. The number of primary amides is 1. The maximum Gasteiger partial charge on any atom is 0.417 e. The molecule has 0 saturated heterocycles. The van der Waals surface area contributed by atoms with E-state index >= 15 is 0 Å². The highest BCUT2D eigenvalue weighted by Gasteiger charge is 2.32. The van der Waals surface area contributed by atoms with Crippen LogP contribution < -0.4 is 11.1 Å². The first-order valence-electron chi connectivity index (χ1n) is 8.28. The normalized spacial score (nSPS) is 11.5. The Morgan fingerprint density at radius 2 is 1.87 bits per heavy atom. The van der Waals surface area contributed by atoms with Crippen molar-refractivity contribution in [1.29, 1.82) is 0 Å². The van der Waals surface area contributed by atoms with Crippen molar-refractivity contribution in [2.45, 2.75) is 13.1 Å². The Bertz CT molecular complexity index is 1210. The molecule has 3 aromatic rings. The number of halogens is 6. The van der Waals surface area contributed by atoms with E-state index in [9.17, 15) is 22.8 Å². The SMILES string of the molecule is Cc1cc(Cl)cc(C(N)=O)c1NC(=O)c1cc(Br)nn1-c1ncc(C(F)(F)F)cc1Cl. The van der Waals surface area contributed by atoms with Gasteiger partial charge in [0.05, 0.1) is 21.8 Å². The van der Waals surface area contributed by atoms with E-state index in [0.717, 1.165) is 4.68 Å². The summed E-state index contributed by atoms with van der Waals surface area (Å²) in [5.74, 6) is -1.76. The van der Waals surface area contributed by atoms with Gasteiger partial charge in [-0.05, 0) is 46.6 Å². The summed E-state index contributed by atoms with van der Waals surface area (Å²) in [5, 5.41) is 6.45. The number of nitrogens with zero attached hydrogens (tertiary/aromatic N) is 3. The van der Waals surface area contributed by atoms with Crippen LogP contribution in [0.4, 0.5) is 18.9 Å². The smallest absolute Gasteiger partial charge is 0.366 e. The number of hydrogen-bond donors (Lipinski definition) is 2. The molecule has 0 atom stereocenters. The number of pyridine rings is 1. The molecule has 2 aromatic heterocycles. The lowest BCUT2D eigenvalue weighted by atomic mass is 10.1. The number of carbonyl (C=O) groups excluding carboxylic acids is 2. The average molecular weight is 537 g/mol. The number of rotatable bonds is 4. The van der Waals surface area contributed by atoms with Crippen LogP contribution in [0.5, 0.6) is 0 Å². The van der Waals surface area contributed by atoms with Crippen LogP contribution in [0.3, 0.4) is 0 Å². The highest BCUT2D eigenvalue weighted by atomic mass is 79.9. The Balaban J connectivity index is 2.04. The van der Waals surface area contributed by atoms with E-state index in [-0.39, 0.29) is 37.4 Å². The summed E-state index contributed by atoms with van der Waals surface area (Å²) in [5.41, 5.74) is 4.76. The molecule has 3 rings (SSSR count). The van der Waals surface area contributed by atoms with Crippen LogP contribution >= 0.6 is 39.1 Å². The number of anilines is 1. The molecule has 0 fully saturated rings.